The number of ether oxygens (including phenoxy) is 1. The molecule has 35 heavy (non-hydrogen) atoms. The molecule has 2 aliphatic rings. The van der Waals surface area contributed by atoms with Crippen molar-refractivity contribution in [2.45, 2.75) is 51.1 Å². The standard InChI is InChI=1S/C30H31N3O2/c1-19-27(22-7-11-26(35-2)12-8-22)4-3-5-28(19)30(34)33-24-9-10-25(33)17-21(16-24)14-20-6-13-29-23(15-20)18-31-32-29/h3-8,11-13,15,18,21,24-25H,9-10,14,16-17H2,1-2H3,(H,31,32). The van der Waals surface area contributed by atoms with Gasteiger partial charge in [-0.05, 0) is 97.5 Å². The van der Waals surface area contributed by atoms with Crippen molar-refractivity contribution in [3.8, 4) is 16.9 Å². The summed E-state index contributed by atoms with van der Waals surface area (Å²) in [6, 6.07) is 21.5. The van der Waals surface area contributed by atoms with Crippen LogP contribution in [0.5, 0.6) is 5.75 Å². The Morgan fingerprint density at radius 3 is 2.57 bits per heavy atom. The van der Waals surface area contributed by atoms with Gasteiger partial charge in [-0.1, -0.05) is 30.3 Å². The number of amides is 1. The van der Waals surface area contributed by atoms with Crippen LogP contribution >= 0.6 is 0 Å². The Bertz CT molecular complexity index is 1360. The van der Waals surface area contributed by atoms with Crippen molar-refractivity contribution in [3.05, 3.63) is 83.6 Å². The smallest absolute Gasteiger partial charge is 0.254 e. The molecule has 6 rings (SSSR count). The third-order valence-electron chi connectivity index (χ3n) is 8.06. The minimum absolute atomic E-state index is 0.198. The number of rotatable bonds is 5. The van der Waals surface area contributed by atoms with E-state index in [4.69, 9.17) is 4.74 Å². The van der Waals surface area contributed by atoms with Gasteiger partial charge in [0.2, 0.25) is 0 Å². The van der Waals surface area contributed by atoms with Crippen LogP contribution in [0.4, 0.5) is 0 Å². The molecule has 2 atom stereocenters. The van der Waals surface area contributed by atoms with Crippen LogP contribution in [-0.2, 0) is 6.42 Å². The van der Waals surface area contributed by atoms with Crippen LogP contribution in [0.25, 0.3) is 22.0 Å². The lowest BCUT2D eigenvalue weighted by atomic mass is 9.85. The predicted octanol–water partition coefficient (Wildman–Crippen LogP) is 6.17. The summed E-state index contributed by atoms with van der Waals surface area (Å²) >= 11 is 0. The minimum Gasteiger partial charge on any atom is -0.497 e. The summed E-state index contributed by atoms with van der Waals surface area (Å²) < 4.78 is 5.30. The normalized spacial score (nSPS) is 21.4. The van der Waals surface area contributed by atoms with Crippen LogP contribution in [-0.4, -0.2) is 40.2 Å². The highest BCUT2D eigenvalue weighted by Gasteiger charge is 2.43. The fourth-order valence-electron chi connectivity index (χ4n) is 6.33. The molecule has 3 heterocycles. The second-order valence-electron chi connectivity index (χ2n) is 10.1. The van der Waals surface area contributed by atoms with E-state index in [2.05, 4.69) is 58.4 Å². The molecule has 2 saturated heterocycles. The van der Waals surface area contributed by atoms with Crippen molar-refractivity contribution in [3.63, 3.8) is 0 Å². The molecule has 1 N–H and O–H groups in total. The Kier molecular flexibility index (Phi) is 5.56. The highest BCUT2D eigenvalue weighted by atomic mass is 16.5. The predicted molar refractivity (Wildman–Crippen MR) is 139 cm³/mol. The fourth-order valence-corrected chi connectivity index (χ4v) is 6.33. The quantitative estimate of drug-likeness (QED) is 0.383. The number of benzene rings is 3. The van der Waals surface area contributed by atoms with Crippen molar-refractivity contribution in [1.82, 2.24) is 15.1 Å². The van der Waals surface area contributed by atoms with Crippen LogP contribution in [0.3, 0.4) is 0 Å². The van der Waals surface area contributed by atoms with Gasteiger partial charge in [0.05, 0.1) is 18.8 Å². The van der Waals surface area contributed by atoms with Gasteiger partial charge in [-0.25, -0.2) is 0 Å². The molecule has 5 heteroatoms. The van der Waals surface area contributed by atoms with Gasteiger partial charge < -0.3 is 9.64 Å². The van der Waals surface area contributed by atoms with Crippen molar-refractivity contribution < 1.29 is 9.53 Å². The summed E-state index contributed by atoms with van der Waals surface area (Å²) in [5, 5.41) is 8.35. The van der Waals surface area contributed by atoms with Gasteiger partial charge in [-0.3, -0.25) is 9.89 Å². The van der Waals surface area contributed by atoms with Gasteiger partial charge in [0.1, 0.15) is 5.75 Å². The first kappa shape index (κ1) is 21.9. The number of aromatic amines is 1. The largest absolute Gasteiger partial charge is 0.497 e. The molecule has 2 unspecified atom stereocenters. The van der Waals surface area contributed by atoms with E-state index in [1.165, 1.54) is 10.9 Å². The number of carbonyl (C=O) groups is 1. The van der Waals surface area contributed by atoms with Crippen molar-refractivity contribution in [2.24, 2.45) is 5.92 Å². The van der Waals surface area contributed by atoms with Crippen molar-refractivity contribution in [1.29, 1.82) is 0 Å². The van der Waals surface area contributed by atoms with Crippen LogP contribution in [0.2, 0.25) is 0 Å². The van der Waals surface area contributed by atoms with Gasteiger partial charge in [0.25, 0.3) is 5.91 Å². The molecular weight excluding hydrogens is 434 g/mol. The molecule has 0 aliphatic carbocycles. The number of H-pyrrole nitrogens is 1. The van der Waals surface area contributed by atoms with Gasteiger partial charge in [-0.15, -0.1) is 0 Å². The maximum absolute atomic E-state index is 13.8. The van der Waals surface area contributed by atoms with Crippen LogP contribution < -0.4 is 4.74 Å². The molecule has 2 fully saturated rings. The molecule has 3 aromatic carbocycles. The minimum atomic E-state index is 0.198. The summed E-state index contributed by atoms with van der Waals surface area (Å²) in [4.78, 5) is 16.1. The maximum Gasteiger partial charge on any atom is 0.254 e. The lowest BCUT2D eigenvalue weighted by molar-refractivity contribution is 0.0524. The average molecular weight is 466 g/mol. The third kappa shape index (κ3) is 3.99. The molecule has 1 amide bonds. The first-order chi connectivity index (χ1) is 17.1. The Morgan fingerprint density at radius 1 is 1.06 bits per heavy atom. The third-order valence-corrected chi connectivity index (χ3v) is 8.06. The number of hydrogen-bond donors (Lipinski definition) is 1. The molecule has 4 aromatic rings. The van der Waals surface area contributed by atoms with Gasteiger partial charge in [0.15, 0.2) is 0 Å². The van der Waals surface area contributed by atoms with Crippen molar-refractivity contribution in [2.75, 3.05) is 7.11 Å². The van der Waals surface area contributed by atoms with Crippen LogP contribution in [0.15, 0.2) is 66.9 Å². The van der Waals surface area contributed by atoms with Gasteiger partial charge in [0, 0.05) is 23.0 Å². The fraction of sp³-hybridized carbons (Fsp3) is 0.333. The van der Waals surface area contributed by atoms with Crippen molar-refractivity contribution >= 4 is 16.8 Å². The lowest BCUT2D eigenvalue weighted by Gasteiger charge is -2.39. The van der Waals surface area contributed by atoms with E-state index in [0.29, 0.717) is 18.0 Å². The Balaban J connectivity index is 1.20. The van der Waals surface area contributed by atoms with E-state index in [0.717, 1.165) is 65.6 Å². The van der Waals surface area contributed by atoms with Gasteiger partial charge >= 0.3 is 0 Å². The molecule has 0 radical (unpaired) electrons. The van der Waals surface area contributed by atoms with E-state index < -0.39 is 0 Å². The molecular formula is C30H31N3O2. The zero-order chi connectivity index (χ0) is 23.9. The number of hydrogen-bond acceptors (Lipinski definition) is 3. The SMILES string of the molecule is COc1ccc(-c2cccc(C(=O)N3C4CCC3CC(Cc3ccc5[nH]ncc5c3)C4)c2C)cc1. The van der Waals surface area contributed by atoms with E-state index in [1.807, 2.05) is 30.5 Å². The van der Waals surface area contributed by atoms with Crippen LogP contribution in [0.1, 0.15) is 47.2 Å². The van der Waals surface area contributed by atoms with E-state index >= 15 is 0 Å². The van der Waals surface area contributed by atoms with E-state index in [1.54, 1.807) is 7.11 Å². The Labute approximate surface area is 206 Å². The average Bonchev–Trinajstić information content (AvgIpc) is 3.45. The number of aromatic nitrogens is 2. The molecule has 2 aliphatic heterocycles. The molecule has 5 nitrogen and oxygen atoms in total. The topological polar surface area (TPSA) is 58.2 Å². The first-order valence-corrected chi connectivity index (χ1v) is 12.6. The zero-order valence-corrected chi connectivity index (χ0v) is 20.3. The van der Waals surface area contributed by atoms with Crippen LogP contribution in [0, 0.1) is 12.8 Å². The lowest BCUT2D eigenvalue weighted by Crippen LogP contribution is -2.47. The van der Waals surface area contributed by atoms with E-state index in [-0.39, 0.29) is 5.91 Å². The highest BCUT2D eigenvalue weighted by molar-refractivity contribution is 5.98. The summed E-state index contributed by atoms with van der Waals surface area (Å²) in [5.74, 6) is 1.65. The summed E-state index contributed by atoms with van der Waals surface area (Å²) in [7, 11) is 1.68. The molecule has 0 saturated carbocycles. The Morgan fingerprint density at radius 2 is 1.83 bits per heavy atom. The number of nitrogens with one attached hydrogen (secondary N) is 1. The molecule has 2 bridgehead atoms. The number of methoxy groups -OCH3 is 1. The second kappa shape index (κ2) is 8.88. The highest BCUT2D eigenvalue weighted by Crippen LogP contribution is 2.41. The number of fused-ring (bicyclic) bond motifs is 3. The van der Waals surface area contributed by atoms with Gasteiger partial charge in [-0.2, -0.15) is 5.10 Å². The number of piperidine rings is 1. The molecule has 178 valence electrons. The number of carbonyl (C=O) groups excluding carboxylic acids is 1. The molecule has 0 spiro atoms. The summed E-state index contributed by atoms with van der Waals surface area (Å²) in [6.07, 6.45) is 7.37. The van der Waals surface area contributed by atoms with E-state index in [9.17, 15) is 4.79 Å². The Hall–Kier alpha value is -3.60. The zero-order valence-electron chi connectivity index (χ0n) is 20.3. The monoisotopic (exact) mass is 465 g/mol. The summed E-state index contributed by atoms with van der Waals surface area (Å²) in [6.45, 7) is 2.08. The second-order valence-corrected chi connectivity index (χ2v) is 10.1. The maximum atomic E-state index is 13.8. The number of nitrogens with zero attached hydrogens (tertiary/aromatic N) is 2. The first-order valence-electron chi connectivity index (χ1n) is 12.6. The summed E-state index contributed by atoms with van der Waals surface area (Å²) in [5.41, 5.74) is 6.55. The molecule has 1 aromatic heterocycles.